The van der Waals surface area contributed by atoms with Crippen LogP contribution in [0.2, 0.25) is 0 Å². The van der Waals surface area contributed by atoms with Gasteiger partial charge in [0.05, 0.1) is 0 Å². The summed E-state index contributed by atoms with van der Waals surface area (Å²) in [4.78, 5) is 13.1. The zero-order valence-corrected chi connectivity index (χ0v) is 8.61. The minimum absolute atomic E-state index is 0.0546. The molecule has 2 aliphatic rings. The molecule has 2 bridgehead atoms. The molecule has 2 fully saturated rings. The number of rotatable bonds is 1. The third-order valence-electron chi connectivity index (χ3n) is 3.58. The molecule has 0 aliphatic carbocycles. The lowest BCUT2D eigenvalue weighted by molar-refractivity contribution is -0.0173. The molecule has 2 atom stereocenters. The molecule has 80 valence electrons. The summed E-state index contributed by atoms with van der Waals surface area (Å²) in [5.74, 6) is 0. The van der Waals surface area contributed by atoms with Crippen molar-refractivity contribution in [2.24, 2.45) is 5.73 Å². The van der Waals surface area contributed by atoms with E-state index in [-0.39, 0.29) is 6.10 Å². The zero-order valence-electron chi connectivity index (χ0n) is 8.61. The molecule has 0 saturated carbocycles. The molecule has 0 radical (unpaired) electrons. The van der Waals surface area contributed by atoms with E-state index in [0.717, 1.165) is 12.8 Å². The summed E-state index contributed by atoms with van der Waals surface area (Å²) in [5, 5.41) is 0. The highest BCUT2D eigenvalue weighted by molar-refractivity contribution is 5.64. The van der Waals surface area contributed by atoms with Gasteiger partial charge in [0.2, 0.25) is 0 Å². The molecule has 14 heavy (non-hydrogen) atoms. The first-order valence-corrected chi connectivity index (χ1v) is 5.35. The summed E-state index contributed by atoms with van der Waals surface area (Å²) in [7, 11) is 2.18. The largest absolute Gasteiger partial charge is 0.446 e. The number of carbonyl (C=O) groups is 1. The molecule has 4 nitrogen and oxygen atoms in total. The van der Waals surface area contributed by atoms with Gasteiger partial charge in [-0.2, -0.15) is 0 Å². The number of ether oxygens (including phenoxy) is 1. The Hall–Kier alpha value is -0.770. The van der Waals surface area contributed by atoms with Gasteiger partial charge in [-0.15, -0.1) is 0 Å². The molecular weight excluding hydrogens is 180 g/mol. The maximum Gasteiger partial charge on any atom is 0.404 e. The number of hydrogen-bond donors (Lipinski definition) is 1. The zero-order chi connectivity index (χ0) is 10.1. The van der Waals surface area contributed by atoms with Gasteiger partial charge in [0, 0.05) is 24.9 Å². The van der Waals surface area contributed by atoms with Gasteiger partial charge in [-0.3, -0.25) is 0 Å². The number of nitrogens with zero attached hydrogens (tertiary/aromatic N) is 1. The van der Waals surface area contributed by atoms with Crippen molar-refractivity contribution >= 4 is 6.09 Å². The number of hydrogen-bond acceptors (Lipinski definition) is 3. The second-order valence-corrected chi connectivity index (χ2v) is 4.43. The number of primary amides is 1. The van der Waals surface area contributed by atoms with Crippen molar-refractivity contribution in [2.45, 2.75) is 50.3 Å². The van der Waals surface area contributed by atoms with Crippen LogP contribution in [0.25, 0.3) is 0 Å². The molecule has 1 amide bonds. The Bertz CT molecular complexity index is 218. The third kappa shape index (κ3) is 1.85. The van der Waals surface area contributed by atoms with E-state index in [0.29, 0.717) is 12.1 Å². The molecule has 2 N–H and O–H groups in total. The minimum Gasteiger partial charge on any atom is -0.446 e. The van der Waals surface area contributed by atoms with Gasteiger partial charge in [-0.25, -0.2) is 4.79 Å². The van der Waals surface area contributed by atoms with E-state index in [1.165, 1.54) is 19.3 Å². The van der Waals surface area contributed by atoms with Gasteiger partial charge in [-0.05, 0) is 19.9 Å². The summed E-state index contributed by atoms with van der Waals surface area (Å²) >= 11 is 0. The predicted octanol–water partition coefficient (Wildman–Crippen LogP) is 1.10. The fourth-order valence-corrected chi connectivity index (χ4v) is 2.83. The molecule has 2 aliphatic heterocycles. The van der Waals surface area contributed by atoms with Crippen LogP contribution in [0.15, 0.2) is 0 Å². The van der Waals surface area contributed by atoms with E-state index < -0.39 is 6.09 Å². The van der Waals surface area contributed by atoms with E-state index in [1.807, 2.05) is 0 Å². The first-order valence-electron chi connectivity index (χ1n) is 5.35. The average Bonchev–Trinajstić information content (AvgIpc) is 2.05. The second kappa shape index (κ2) is 3.77. The maximum absolute atomic E-state index is 10.7. The van der Waals surface area contributed by atoms with Crippen LogP contribution in [0.1, 0.15) is 32.1 Å². The Morgan fingerprint density at radius 1 is 1.36 bits per heavy atom. The summed E-state index contributed by atoms with van der Waals surface area (Å²) in [6.45, 7) is 0. The Morgan fingerprint density at radius 2 is 1.93 bits per heavy atom. The van der Waals surface area contributed by atoms with Gasteiger partial charge in [0.15, 0.2) is 0 Å². The lowest BCUT2D eigenvalue weighted by Gasteiger charge is -2.46. The van der Waals surface area contributed by atoms with Crippen LogP contribution in [-0.2, 0) is 4.74 Å². The van der Waals surface area contributed by atoms with Crippen LogP contribution < -0.4 is 5.73 Å². The number of amides is 1. The van der Waals surface area contributed by atoms with E-state index in [4.69, 9.17) is 10.5 Å². The molecular formula is C10H18N2O2. The van der Waals surface area contributed by atoms with Gasteiger partial charge in [0.25, 0.3) is 0 Å². The lowest BCUT2D eigenvalue weighted by Crippen LogP contribution is -2.52. The summed E-state index contributed by atoms with van der Waals surface area (Å²) < 4.78 is 5.09. The van der Waals surface area contributed by atoms with Crippen molar-refractivity contribution in [1.29, 1.82) is 0 Å². The predicted molar refractivity (Wildman–Crippen MR) is 52.9 cm³/mol. The molecule has 0 aromatic rings. The fourth-order valence-electron chi connectivity index (χ4n) is 2.83. The number of nitrogens with two attached hydrogens (primary N) is 1. The highest BCUT2D eigenvalue weighted by Gasteiger charge is 2.37. The van der Waals surface area contributed by atoms with Crippen LogP contribution in [0.3, 0.4) is 0 Å². The van der Waals surface area contributed by atoms with Crippen molar-refractivity contribution < 1.29 is 9.53 Å². The molecule has 2 unspecified atom stereocenters. The number of carbonyl (C=O) groups excluding carboxylic acids is 1. The second-order valence-electron chi connectivity index (χ2n) is 4.43. The number of fused-ring (bicyclic) bond motifs is 2. The Morgan fingerprint density at radius 3 is 2.43 bits per heavy atom. The Labute approximate surface area is 84.4 Å². The highest BCUT2D eigenvalue weighted by Crippen LogP contribution is 2.33. The van der Waals surface area contributed by atoms with Crippen molar-refractivity contribution in [2.75, 3.05) is 7.05 Å². The van der Waals surface area contributed by atoms with Crippen molar-refractivity contribution in [1.82, 2.24) is 4.90 Å². The first kappa shape index (κ1) is 9.77. The quantitative estimate of drug-likeness (QED) is 0.686. The minimum atomic E-state index is -0.627. The standard InChI is InChI=1S/C10H18N2O2/c1-12-7-3-2-4-8(12)6-9(5-7)14-10(11)13/h7-9H,2-6H2,1H3,(H2,11,13). The maximum atomic E-state index is 10.7. The SMILES string of the molecule is CN1C2CCCC1CC(OC(N)=O)C2. The number of piperidine rings is 2. The van der Waals surface area contributed by atoms with E-state index in [9.17, 15) is 4.79 Å². The molecule has 2 rings (SSSR count). The third-order valence-corrected chi connectivity index (χ3v) is 3.58. The highest BCUT2D eigenvalue weighted by atomic mass is 16.6. The van der Waals surface area contributed by atoms with Crippen molar-refractivity contribution in [3.8, 4) is 0 Å². The smallest absolute Gasteiger partial charge is 0.404 e. The van der Waals surface area contributed by atoms with Gasteiger partial charge < -0.3 is 15.4 Å². The normalized spacial score (nSPS) is 37.9. The van der Waals surface area contributed by atoms with Gasteiger partial charge >= 0.3 is 6.09 Å². The first-order chi connectivity index (χ1) is 6.66. The van der Waals surface area contributed by atoms with Crippen LogP contribution in [0.4, 0.5) is 4.79 Å². The molecule has 4 heteroatoms. The van der Waals surface area contributed by atoms with E-state index >= 15 is 0 Å². The van der Waals surface area contributed by atoms with Crippen molar-refractivity contribution in [3.63, 3.8) is 0 Å². The summed E-state index contributed by atoms with van der Waals surface area (Å²) in [5.41, 5.74) is 5.03. The van der Waals surface area contributed by atoms with Gasteiger partial charge in [-0.1, -0.05) is 6.42 Å². The Balaban J connectivity index is 1.97. The summed E-state index contributed by atoms with van der Waals surface area (Å²) in [6, 6.07) is 1.18. The van der Waals surface area contributed by atoms with Crippen molar-refractivity contribution in [3.05, 3.63) is 0 Å². The fraction of sp³-hybridized carbons (Fsp3) is 0.900. The van der Waals surface area contributed by atoms with Crippen LogP contribution in [0.5, 0.6) is 0 Å². The van der Waals surface area contributed by atoms with E-state index in [2.05, 4.69) is 11.9 Å². The topological polar surface area (TPSA) is 55.6 Å². The lowest BCUT2D eigenvalue weighted by atomic mass is 9.83. The molecule has 2 heterocycles. The van der Waals surface area contributed by atoms with Gasteiger partial charge in [0.1, 0.15) is 6.10 Å². The van der Waals surface area contributed by atoms with Crippen LogP contribution >= 0.6 is 0 Å². The molecule has 0 spiro atoms. The molecule has 0 aromatic heterocycles. The average molecular weight is 198 g/mol. The summed E-state index contributed by atoms with van der Waals surface area (Å²) in [6.07, 6.45) is 5.10. The van der Waals surface area contributed by atoms with Crippen LogP contribution in [-0.4, -0.2) is 36.2 Å². The monoisotopic (exact) mass is 198 g/mol. The van der Waals surface area contributed by atoms with E-state index in [1.54, 1.807) is 0 Å². The molecule has 0 aromatic carbocycles. The van der Waals surface area contributed by atoms with Crippen LogP contribution in [0, 0.1) is 0 Å². The molecule has 2 saturated heterocycles. The Kier molecular flexibility index (Phi) is 2.63.